The van der Waals surface area contributed by atoms with Crippen molar-refractivity contribution in [3.05, 3.63) is 12.2 Å². The molecule has 62 valence electrons. The highest BCUT2D eigenvalue weighted by Crippen LogP contribution is 2.02. The molecule has 0 aromatic carbocycles. The van der Waals surface area contributed by atoms with E-state index in [1.165, 1.54) is 6.33 Å². The van der Waals surface area contributed by atoms with Gasteiger partial charge in [-0.3, -0.25) is 5.10 Å². The molecule has 2 N–H and O–H groups in total. The lowest BCUT2D eigenvalue weighted by Crippen LogP contribution is -2.21. The van der Waals surface area contributed by atoms with Crippen LogP contribution >= 0.6 is 12.6 Å². The maximum atomic E-state index is 4.08. The van der Waals surface area contributed by atoms with Gasteiger partial charge in [0.15, 0.2) is 0 Å². The largest absolute Gasteiger partial charge is 0.307 e. The van der Waals surface area contributed by atoms with Gasteiger partial charge in [-0.25, -0.2) is 4.98 Å². The molecule has 0 bridgehead atoms. The number of hydrogen-bond donors (Lipinski definition) is 3. The van der Waals surface area contributed by atoms with Gasteiger partial charge in [0, 0.05) is 12.3 Å². The van der Waals surface area contributed by atoms with Gasteiger partial charge in [-0.05, 0) is 6.92 Å². The zero-order valence-electron chi connectivity index (χ0n) is 6.41. The minimum absolute atomic E-state index is 0.227. The summed E-state index contributed by atoms with van der Waals surface area (Å²) >= 11 is 4.08. The van der Waals surface area contributed by atoms with Crippen molar-refractivity contribution < 1.29 is 0 Å². The van der Waals surface area contributed by atoms with Gasteiger partial charge in [-0.15, -0.1) is 0 Å². The molecule has 1 heterocycles. The van der Waals surface area contributed by atoms with E-state index >= 15 is 0 Å². The highest BCUT2D eigenvalue weighted by Gasteiger charge is 2.05. The van der Waals surface area contributed by atoms with Crippen molar-refractivity contribution in [1.29, 1.82) is 0 Å². The van der Waals surface area contributed by atoms with Crippen LogP contribution in [0.2, 0.25) is 0 Å². The quantitative estimate of drug-likeness (QED) is 0.576. The number of hydrogen-bond acceptors (Lipinski definition) is 4. The Kier molecular flexibility index (Phi) is 3.38. The third kappa shape index (κ3) is 2.51. The number of nitrogens with zero attached hydrogens (tertiary/aromatic N) is 2. The van der Waals surface area contributed by atoms with Crippen LogP contribution in [0, 0.1) is 0 Å². The van der Waals surface area contributed by atoms with Gasteiger partial charge in [-0.1, -0.05) is 0 Å². The number of rotatable bonds is 4. The van der Waals surface area contributed by atoms with Crippen LogP contribution in [0.4, 0.5) is 0 Å². The van der Waals surface area contributed by atoms with E-state index in [4.69, 9.17) is 0 Å². The van der Waals surface area contributed by atoms with Gasteiger partial charge in [0.25, 0.3) is 0 Å². The van der Waals surface area contributed by atoms with Crippen molar-refractivity contribution in [2.24, 2.45) is 0 Å². The van der Waals surface area contributed by atoms with E-state index in [0.29, 0.717) is 0 Å². The first-order chi connectivity index (χ1) is 5.34. The van der Waals surface area contributed by atoms with Crippen LogP contribution in [0.1, 0.15) is 18.8 Å². The second-order valence-electron chi connectivity index (χ2n) is 2.27. The molecule has 0 fully saturated rings. The van der Waals surface area contributed by atoms with E-state index in [2.05, 4.69) is 33.1 Å². The maximum absolute atomic E-state index is 4.08. The first-order valence-corrected chi connectivity index (χ1v) is 4.17. The summed E-state index contributed by atoms with van der Waals surface area (Å²) in [6.45, 7) is 2.91. The second-order valence-corrected chi connectivity index (χ2v) is 2.72. The van der Waals surface area contributed by atoms with Crippen molar-refractivity contribution in [3.63, 3.8) is 0 Å². The third-order valence-electron chi connectivity index (χ3n) is 1.41. The van der Waals surface area contributed by atoms with Crippen LogP contribution in [0.3, 0.4) is 0 Å². The van der Waals surface area contributed by atoms with Gasteiger partial charge in [0.2, 0.25) is 0 Å². The van der Waals surface area contributed by atoms with E-state index in [9.17, 15) is 0 Å². The van der Waals surface area contributed by atoms with Crippen LogP contribution in [0.15, 0.2) is 6.33 Å². The van der Waals surface area contributed by atoms with E-state index in [-0.39, 0.29) is 6.04 Å². The highest BCUT2D eigenvalue weighted by atomic mass is 32.1. The Hall–Kier alpha value is -0.550. The lowest BCUT2D eigenvalue weighted by molar-refractivity contribution is 0.571. The molecule has 1 aromatic rings. The molecular weight excluding hydrogens is 160 g/mol. The molecule has 0 saturated heterocycles. The SMILES string of the molecule is CC(NCCS)c1ncn[nH]1. The van der Waals surface area contributed by atoms with Crippen molar-refractivity contribution in [3.8, 4) is 0 Å². The molecule has 0 spiro atoms. The Balaban J connectivity index is 2.36. The van der Waals surface area contributed by atoms with Crippen molar-refractivity contribution in [1.82, 2.24) is 20.5 Å². The molecule has 0 aliphatic rings. The van der Waals surface area contributed by atoms with Crippen LogP contribution in [0.25, 0.3) is 0 Å². The van der Waals surface area contributed by atoms with E-state index in [0.717, 1.165) is 18.1 Å². The van der Waals surface area contributed by atoms with Crippen molar-refractivity contribution in [2.75, 3.05) is 12.3 Å². The minimum Gasteiger partial charge on any atom is -0.307 e. The summed E-state index contributed by atoms with van der Waals surface area (Å²) in [5.74, 6) is 1.70. The smallest absolute Gasteiger partial charge is 0.141 e. The Morgan fingerprint density at radius 1 is 1.82 bits per heavy atom. The summed E-state index contributed by atoms with van der Waals surface area (Å²) in [7, 11) is 0. The van der Waals surface area contributed by atoms with Crippen LogP contribution < -0.4 is 5.32 Å². The Bertz CT molecular complexity index is 186. The molecular formula is C6H12N4S. The molecule has 0 radical (unpaired) electrons. The summed E-state index contributed by atoms with van der Waals surface area (Å²) in [4.78, 5) is 4.01. The number of nitrogens with one attached hydrogen (secondary N) is 2. The van der Waals surface area contributed by atoms with Crippen LogP contribution in [0.5, 0.6) is 0 Å². The summed E-state index contributed by atoms with van der Waals surface area (Å²) in [5, 5.41) is 9.78. The highest BCUT2D eigenvalue weighted by molar-refractivity contribution is 7.80. The second kappa shape index (κ2) is 4.35. The standard InChI is InChI=1S/C6H12N4S/c1-5(7-2-3-11)6-8-4-9-10-6/h4-5,7,11H,2-3H2,1H3,(H,8,9,10). The van der Waals surface area contributed by atoms with Gasteiger partial charge in [0.1, 0.15) is 12.2 Å². The zero-order chi connectivity index (χ0) is 8.10. The molecule has 1 aromatic heterocycles. The van der Waals surface area contributed by atoms with Crippen molar-refractivity contribution in [2.45, 2.75) is 13.0 Å². The monoisotopic (exact) mass is 172 g/mol. The molecule has 4 nitrogen and oxygen atoms in total. The summed E-state index contributed by atoms with van der Waals surface area (Å²) in [6, 6.07) is 0.227. The lowest BCUT2D eigenvalue weighted by Gasteiger charge is -2.08. The number of aromatic nitrogens is 3. The predicted molar refractivity (Wildman–Crippen MR) is 46.7 cm³/mol. The van der Waals surface area contributed by atoms with Gasteiger partial charge in [0.05, 0.1) is 6.04 Å². The summed E-state index contributed by atoms with van der Waals surface area (Å²) in [6.07, 6.45) is 1.51. The summed E-state index contributed by atoms with van der Waals surface area (Å²) in [5.41, 5.74) is 0. The molecule has 0 aliphatic carbocycles. The minimum atomic E-state index is 0.227. The molecule has 11 heavy (non-hydrogen) atoms. The van der Waals surface area contributed by atoms with Crippen LogP contribution in [-0.2, 0) is 0 Å². The fraction of sp³-hybridized carbons (Fsp3) is 0.667. The Morgan fingerprint density at radius 3 is 3.18 bits per heavy atom. The Morgan fingerprint density at radius 2 is 2.64 bits per heavy atom. The molecule has 1 rings (SSSR count). The zero-order valence-corrected chi connectivity index (χ0v) is 7.30. The average molecular weight is 172 g/mol. The summed E-state index contributed by atoms with van der Waals surface area (Å²) < 4.78 is 0. The van der Waals surface area contributed by atoms with Gasteiger partial charge < -0.3 is 5.32 Å². The molecule has 0 aliphatic heterocycles. The fourth-order valence-electron chi connectivity index (χ4n) is 0.801. The molecule has 5 heteroatoms. The first-order valence-electron chi connectivity index (χ1n) is 3.54. The maximum Gasteiger partial charge on any atom is 0.141 e. The van der Waals surface area contributed by atoms with Crippen molar-refractivity contribution >= 4 is 12.6 Å². The molecule has 0 saturated carbocycles. The van der Waals surface area contributed by atoms with E-state index < -0.39 is 0 Å². The number of aromatic amines is 1. The Labute approximate surface area is 71.2 Å². The first kappa shape index (κ1) is 8.55. The molecule has 1 atom stereocenters. The normalized spacial score (nSPS) is 13.3. The number of H-pyrrole nitrogens is 1. The fourth-order valence-corrected chi connectivity index (χ4v) is 0.930. The average Bonchev–Trinajstić information content (AvgIpc) is 2.52. The topological polar surface area (TPSA) is 53.6 Å². The molecule has 0 amide bonds. The van der Waals surface area contributed by atoms with E-state index in [1.54, 1.807) is 0 Å². The van der Waals surface area contributed by atoms with Gasteiger partial charge in [-0.2, -0.15) is 17.7 Å². The third-order valence-corrected chi connectivity index (χ3v) is 1.63. The van der Waals surface area contributed by atoms with Gasteiger partial charge >= 0.3 is 0 Å². The molecule has 1 unspecified atom stereocenters. The lowest BCUT2D eigenvalue weighted by atomic mass is 10.3. The van der Waals surface area contributed by atoms with E-state index in [1.807, 2.05) is 6.92 Å². The number of thiol groups is 1. The van der Waals surface area contributed by atoms with Crippen LogP contribution in [-0.4, -0.2) is 27.5 Å². The predicted octanol–water partition coefficient (Wildman–Crippen LogP) is 0.385.